The average Bonchev–Trinajstić information content (AvgIpc) is 2.60. The number of aliphatic hydroxyl groups is 1. The molecular weight excluding hydrogens is 240 g/mol. The van der Waals surface area contributed by atoms with Crippen molar-refractivity contribution in [3.05, 3.63) is 23.0 Å². The van der Waals surface area contributed by atoms with Gasteiger partial charge < -0.3 is 9.84 Å². The molecule has 1 heterocycles. The Morgan fingerprint density at radius 1 is 1.37 bits per heavy atom. The average molecular weight is 266 g/mol. The lowest BCUT2D eigenvalue weighted by atomic mass is 9.90. The minimum absolute atomic E-state index is 0.276. The molecule has 0 bridgehead atoms. The van der Waals surface area contributed by atoms with Gasteiger partial charge in [0.15, 0.2) is 0 Å². The molecule has 0 aromatic heterocycles. The van der Waals surface area contributed by atoms with Crippen molar-refractivity contribution in [3.8, 4) is 0 Å². The molecule has 1 rings (SSSR count). The maximum atomic E-state index is 12.3. The SMILES string of the molecule is C/C=C(\CC)C1=C(CC(CC)CC)C(=O)C(C)(O)O1. The second kappa shape index (κ2) is 6.38. The van der Waals surface area contributed by atoms with Crippen LogP contribution in [0.1, 0.15) is 60.3 Å². The number of carbonyl (C=O) groups excluding carboxylic acids is 1. The van der Waals surface area contributed by atoms with Crippen LogP contribution in [0.15, 0.2) is 23.0 Å². The third-order valence-electron chi connectivity index (χ3n) is 3.94. The molecule has 0 aromatic rings. The van der Waals surface area contributed by atoms with Gasteiger partial charge in [-0.15, -0.1) is 0 Å². The molecular formula is C16H26O3. The van der Waals surface area contributed by atoms with E-state index in [1.807, 2.05) is 19.9 Å². The van der Waals surface area contributed by atoms with Gasteiger partial charge >= 0.3 is 0 Å². The summed E-state index contributed by atoms with van der Waals surface area (Å²) >= 11 is 0. The highest BCUT2D eigenvalue weighted by Gasteiger charge is 2.44. The summed E-state index contributed by atoms with van der Waals surface area (Å²) in [5.74, 6) is -0.907. The van der Waals surface area contributed by atoms with Crippen molar-refractivity contribution in [1.82, 2.24) is 0 Å². The largest absolute Gasteiger partial charge is 0.454 e. The van der Waals surface area contributed by atoms with Gasteiger partial charge in [-0.05, 0) is 31.3 Å². The van der Waals surface area contributed by atoms with E-state index >= 15 is 0 Å². The van der Waals surface area contributed by atoms with Crippen LogP contribution in [0.25, 0.3) is 0 Å². The van der Waals surface area contributed by atoms with Gasteiger partial charge in [-0.1, -0.05) is 39.7 Å². The molecule has 0 fully saturated rings. The molecule has 3 heteroatoms. The summed E-state index contributed by atoms with van der Waals surface area (Å²) in [6.07, 6.45) is 5.49. The van der Waals surface area contributed by atoms with Crippen molar-refractivity contribution in [1.29, 1.82) is 0 Å². The quantitative estimate of drug-likeness (QED) is 0.796. The maximum absolute atomic E-state index is 12.3. The Morgan fingerprint density at radius 2 is 1.95 bits per heavy atom. The van der Waals surface area contributed by atoms with Crippen LogP contribution in [-0.4, -0.2) is 16.7 Å². The van der Waals surface area contributed by atoms with Crippen molar-refractivity contribution in [2.24, 2.45) is 5.92 Å². The Labute approximate surface area is 116 Å². The predicted octanol–water partition coefficient (Wildman–Crippen LogP) is 3.73. The van der Waals surface area contributed by atoms with Crippen LogP contribution < -0.4 is 0 Å². The Bertz CT molecular complexity index is 398. The number of ketones is 1. The van der Waals surface area contributed by atoms with Crippen LogP contribution in [0.4, 0.5) is 0 Å². The molecule has 3 nitrogen and oxygen atoms in total. The van der Waals surface area contributed by atoms with Gasteiger partial charge in [-0.2, -0.15) is 0 Å². The molecule has 19 heavy (non-hydrogen) atoms. The van der Waals surface area contributed by atoms with E-state index in [9.17, 15) is 9.90 Å². The van der Waals surface area contributed by atoms with E-state index in [2.05, 4.69) is 13.8 Å². The minimum Gasteiger partial charge on any atom is -0.454 e. The number of hydrogen-bond donors (Lipinski definition) is 1. The van der Waals surface area contributed by atoms with E-state index in [0.29, 0.717) is 23.7 Å². The summed E-state index contributed by atoms with van der Waals surface area (Å²) in [7, 11) is 0. The minimum atomic E-state index is -1.69. The van der Waals surface area contributed by atoms with E-state index in [1.165, 1.54) is 6.92 Å². The van der Waals surface area contributed by atoms with E-state index in [4.69, 9.17) is 4.74 Å². The summed E-state index contributed by atoms with van der Waals surface area (Å²) in [6, 6.07) is 0. The molecule has 1 unspecified atom stereocenters. The first kappa shape index (κ1) is 16.0. The first-order valence-corrected chi connectivity index (χ1v) is 7.26. The van der Waals surface area contributed by atoms with Crippen molar-refractivity contribution in [2.75, 3.05) is 0 Å². The topological polar surface area (TPSA) is 46.5 Å². The highest BCUT2D eigenvalue weighted by molar-refractivity contribution is 6.03. The van der Waals surface area contributed by atoms with E-state index in [0.717, 1.165) is 24.8 Å². The Hall–Kier alpha value is -1.09. The molecule has 0 saturated carbocycles. The van der Waals surface area contributed by atoms with Crippen LogP contribution in [0.5, 0.6) is 0 Å². The zero-order valence-electron chi connectivity index (χ0n) is 12.7. The van der Waals surface area contributed by atoms with Gasteiger partial charge in [-0.3, -0.25) is 4.79 Å². The number of rotatable bonds is 6. The molecule has 108 valence electrons. The smallest absolute Gasteiger partial charge is 0.269 e. The highest BCUT2D eigenvalue weighted by atomic mass is 16.6. The summed E-state index contributed by atoms with van der Waals surface area (Å²) in [6.45, 7) is 9.64. The lowest BCUT2D eigenvalue weighted by Crippen LogP contribution is -2.33. The lowest BCUT2D eigenvalue weighted by Gasteiger charge is -2.17. The fourth-order valence-electron chi connectivity index (χ4n) is 2.50. The zero-order chi connectivity index (χ0) is 14.6. The maximum Gasteiger partial charge on any atom is 0.269 e. The van der Waals surface area contributed by atoms with Crippen LogP contribution in [0.3, 0.4) is 0 Å². The van der Waals surface area contributed by atoms with Gasteiger partial charge in [0.2, 0.25) is 5.78 Å². The fraction of sp³-hybridized carbons (Fsp3) is 0.688. The standard InChI is InChI=1S/C16H26O3/c1-6-11(7-2)10-13-14(12(8-3)9-4)19-16(5,18)15(13)17/h8,11,18H,6-7,9-10H2,1-5H3/b12-8+. The van der Waals surface area contributed by atoms with Crippen molar-refractivity contribution >= 4 is 5.78 Å². The molecule has 0 amide bonds. The number of Topliss-reactive ketones (excluding diaryl/α,β-unsaturated/α-hetero) is 1. The molecule has 1 aliphatic rings. The molecule has 0 spiro atoms. The molecule has 1 N–H and O–H groups in total. The second-order valence-corrected chi connectivity index (χ2v) is 5.28. The lowest BCUT2D eigenvalue weighted by molar-refractivity contribution is -0.169. The van der Waals surface area contributed by atoms with E-state index < -0.39 is 5.79 Å². The van der Waals surface area contributed by atoms with Crippen molar-refractivity contribution in [3.63, 3.8) is 0 Å². The van der Waals surface area contributed by atoms with Crippen LogP contribution in [0, 0.1) is 5.92 Å². The summed E-state index contributed by atoms with van der Waals surface area (Å²) in [5.41, 5.74) is 1.65. The highest BCUT2D eigenvalue weighted by Crippen LogP contribution is 2.37. The Morgan fingerprint density at radius 3 is 2.37 bits per heavy atom. The first-order valence-electron chi connectivity index (χ1n) is 7.26. The molecule has 0 radical (unpaired) electrons. The normalized spacial score (nSPS) is 24.4. The second-order valence-electron chi connectivity index (χ2n) is 5.28. The molecule has 0 aromatic carbocycles. The van der Waals surface area contributed by atoms with Crippen LogP contribution in [-0.2, 0) is 9.53 Å². The summed E-state index contributed by atoms with van der Waals surface area (Å²) in [5, 5.41) is 10.1. The number of carbonyl (C=O) groups is 1. The summed E-state index contributed by atoms with van der Waals surface area (Å²) < 4.78 is 5.52. The zero-order valence-corrected chi connectivity index (χ0v) is 12.7. The van der Waals surface area contributed by atoms with Gasteiger partial charge in [0, 0.05) is 12.5 Å². The van der Waals surface area contributed by atoms with E-state index in [1.54, 1.807) is 0 Å². The van der Waals surface area contributed by atoms with Gasteiger partial charge in [0.1, 0.15) is 5.76 Å². The number of ether oxygens (including phenoxy) is 1. The van der Waals surface area contributed by atoms with Crippen molar-refractivity contribution in [2.45, 2.75) is 66.1 Å². The van der Waals surface area contributed by atoms with Crippen LogP contribution in [0.2, 0.25) is 0 Å². The summed E-state index contributed by atoms with van der Waals surface area (Å²) in [4.78, 5) is 12.3. The number of allylic oxidation sites excluding steroid dienone is 2. The van der Waals surface area contributed by atoms with Gasteiger partial charge in [-0.25, -0.2) is 0 Å². The third kappa shape index (κ3) is 3.27. The van der Waals surface area contributed by atoms with Gasteiger partial charge in [0.05, 0.1) is 0 Å². The third-order valence-corrected chi connectivity index (χ3v) is 3.94. The van der Waals surface area contributed by atoms with E-state index in [-0.39, 0.29) is 5.78 Å². The van der Waals surface area contributed by atoms with Crippen LogP contribution >= 0.6 is 0 Å². The molecule has 1 aliphatic heterocycles. The fourth-order valence-corrected chi connectivity index (χ4v) is 2.50. The first-order chi connectivity index (χ1) is 8.91. The number of hydrogen-bond acceptors (Lipinski definition) is 3. The molecule has 0 saturated heterocycles. The van der Waals surface area contributed by atoms with Gasteiger partial charge in [0.25, 0.3) is 5.79 Å². The molecule has 1 atom stereocenters. The molecule has 0 aliphatic carbocycles. The Balaban J connectivity index is 3.15. The van der Waals surface area contributed by atoms with Crippen molar-refractivity contribution < 1.29 is 14.6 Å². The monoisotopic (exact) mass is 266 g/mol. The Kier molecular flexibility index (Phi) is 5.36. The predicted molar refractivity (Wildman–Crippen MR) is 76.5 cm³/mol.